The Hall–Kier alpha value is -1.42. The largest absolute Gasteiger partial charge is 0.496 e. The molecule has 0 radical (unpaired) electrons. The summed E-state index contributed by atoms with van der Waals surface area (Å²) in [5, 5.41) is 0.338. The van der Waals surface area contributed by atoms with Crippen molar-refractivity contribution in [2.75, 3.05) is 14.2 Å². The second-order valence-corrected chi connectivity index (χ2v) is 5.07. The van der Waals surface area contributed by atoms with Gasteiger partial charge in [-0.05, 0) is 32.4 Å². The standard InChI is InChI=1S/C14H19ClO4/c1-6-14(2,3)19-13(16)11-10(17-4)8-7-9(15)12(11)18-5/h7-8H,6H2,1-5H3. The highest BCUT2D eigenvalue weighted by Crippen LogP contribution is 2.36. The molecular weight excluding hydrogens is 268 g/mol. The van der Waals surface area contributed by atoms with Crippen LogP contribution in [-0.2, 0) is 4.74 Å². The summed E-state index contributed by atoms with van der Waals surface area (Å²) in [6.07, 6.45) is 0.698. The highest BCUT2D eigenvalue weighted by atomic mass is 35.5. The average Bonchev–Trinajstić information content (AvgIpc) is 2.37. The number of hydrogen-bond acceptors (Lipinski definition) is 4. The summed E-state index contributed by atoms with van der Waals surface area (Å²) in [5.74, 6) is 0.124. The molecule has 0 aliphatic heterocycles. The van der Waals surface area contributed by atoms with Crippen molar-refractivity contribution in [1.82, 2.24) is 0 Å². The highest BCUT2D eigenvalue weighted by Gasteiger charge is 2.27. The number of halogens is 1. The molecule has 0 saturated carbocycles. The van der Waals surface area contributed by atoms with Crippen LogP contribution in [0, 0.1) is 0 Å². The molecular formula is C14H19ClO4. The van der Waals surface area contributed by atoms with Gasteiger partial charge >= 0.3 is 5.97 Å². The lowest BCUT2D eigenvalue weighted by molar-refractivity contribution is -0.00300. The van der Waals surface area contributed by atoms with Crippen LogP contribution in [0.3, 0.4) is 0 Å². The molecule has 106 valence electrons. The fourth-order valence-corrected chi connectivity index (χ4v) is 1.71. The quantitative estimate of drug-likeness (QED) is 0.774. The van der Waals surface area contributed by atoms with E-state index in [1.165, 1.54) is 14.2 Å². The van der Waals surface area contributed by atoms with Gasteiger partial charge in [0.15, 0.2) is 5.75 Å². The van der Waals surface area contributed by atoms with E-state index in [0.29, 0.717) is 17.2 Å². The topological polar surface area (TPSA) is 44.8 Å². The maximum absolute atomic E-state index is 12.3. The van der Waals surface area contributed by atoms with Gasteiger partial charge in [0.2, 0.25) is 0 Å². The number of hydrogen-bond donors (Lipinski definition) is 0. The molecule has 5 heteroatoms. The summed E-state index contributed by atoms with van der Waals surface area (Å²) in [7, 11) is 2.92. The normalized spacial score (nSPS) is 11.1. The summed E-state index contributed by atoms with van der Waals surface area (Å²) < 4.78 is 15.8. The Balaban J connectivity index is 3.24. The summed E-state index contributed by atoms with van der Waals surface area (Å²) in [6, 6.07) is 3.22. The van der Waals surface area contributed by atoms with Crippen molar-refractivity contribution in [1.29, 1.82) is 0 Å². The van der Waals surface area contributed by atoms with Gasteiger partial charge in [-0.3, -0.25) is 0 Å². The summed E-state index contributed by atoms with van der Waals surface area (Å²) in [5.41, 5.74) is -0.353. The predicted molar refractivity (Wildman–Crippen MR) is 74.3 cm³/mol. The van der Waals surface area contributed by atoms with Gasteiger partial charge in [0.1, 0.15) is 16.9 Å². The third kappa shape index (κ3) is 3.53. The lowest BCUT2D eigenvalue weighted by Crippen LogP contribution is -2.27. The molecule has 0 bridgehead atoms. The van der Waals surface area contributed by atoms with Crippen LogP contribution in [-0.4, -0.2) is 25.8 Å². The maximum atomic E-state index is 12.3. The molecule has 1 aromatic rings. The van der Waals surface area contributed by atoms with Gasteiger partial charge in [-0.25, -0.2) is 4.79 Å². The Morgan fingerprint density at radius 2 is 1.89 bits per heavy atom. The molecule has 0 heterocycles. The first-order valence-electron chi connectivity index (χ1n) is 6.00. The van der Waals surface area contributed by atoms with Crippen LogP contribution in [0.25, 0.3) is 0 Å². The number of rotatable bonds is 5. The predicted octanol–water partition coefficient (Wildman–Crippen LogP) is 3.70. The van der Waals surface area contributed by atoms with Crippen molar-refractivity contribution in [3.8, 4) is 11.5 Å². The van der Waals surface area contributed by atoms with Gasteiger partial charge in [0, 0.05) is 0 Å². The van der Waals surface area contributed by atoms with E-state index in [9.17, 15) is 4.79 Å². The average molecular weight is 287 g/mol. The number of carbonyl (C=O) groups excluding carboxylic acids is 1. The van der Waals surface area contributed by atoms with Crippen LogP contribution in [0.5, 0.6) is 11.5 Å². The van der Waals surface area contributed by atoms with Gasteiger partial charge < -0.3 is 14.2 Å². The monoisotopic (exact) mass is 286 g/mol. The minimum Gasteiger partial charge on any atom is -0.496 e. The van der Waals surface area contributed by atoms with Gasteiger partial charge in [-0.1, -0.05) is 18.5 Å². The lowest BCUT2D eigenvalue weighted by atomic mass is 10.1. The van der Waals surface area contributed by atoms with Crippen LogP contribution in [0.15, 0.2) is 12.1 Å². The SMILES string of the molecule is CCC(C)(C)OC(=O)c1c(OC)ccc(Cl)c1OC. The number of ether oxygens (including phenoxy) is 3. The molecule has 0 atom stereocenters. The summed E-state index contributed by atoms with van der Waals surface area (Å²) in [6.45, 7) is 5.63. The Kier molecular flexibility index (Phi) is 5.06. The fourth-order valence-electron chi connectivity index (χ4n) is 1.48. The van der Waals surface area contributed by atoms with Crippen molar-refractivity contribution in [2.45, 2.75) is 32.8 Å². The second-order valence-electron chi connectivity index (χ2n) is 4.66. The minimum absolute atomic E-state index is 0.207. The molecule has 0 spiro atoms. The first-order chi connectivity index (χ1) is 8.86. The minimum atomic E-state index is -0.560. The van der Waals surface area contributed by atoms with Crippen LogP contribution >= 0.6 is 11.6 Å². The molecule has 0 aromatic heterocycles. The van der Waals surface area contributed by atoms with Gasteiger partial charge in [0.25, 0.3) is 0 Å². The van der Waals surface area contributed by atoms with Gasteiger partial charge in [-0.2, -0.15) is 0 Å². The lowest BCUT2D eigenvalue weighted by Gasteiger charge is -2.24. The van der Waals surface area contributed by atoms with E-state index in [-0.39, 0.29) is 11.3 Å². The molecule has 0 N–H and O–H groups in total. The molecule has 0 unspecified atom stereocenters. The first kappa shape index (κ1) is 15.6. The third-order valence-electron chi connectivity index (χ3n) is 2.92. The van der Waals surface area contributed by atoms with E-state index in [2.05, 4.69) is 0 Å². The molecule has 0 amide bonds. The number of esters is 1. The van der Waals surface area contributed by atoms with Crippen LogP contribution in [0.4, 0.5) is 0 Å². The van der Waals surface area contributed by atoms with E-state index >= 15 is 0 Å². The molecule has 0 saturated heterocycles. The van der Waals surface area contributed by atoms with E-state index in [4.69, 9.17) is 25.8 Å². The van der Waals surface area contributed by atoms with Gasteiger partial charge in [-0.15, -0.1) is 0 Å². The van der Waals surface area contributed by atoms with Crippen LogP contribution < -0.4 is 9.47 Å². The smallest absolute Gasteiger partial charge is 0.346 e. The summed E-state index contributed by atoms with van der Waals surface area (Å²) in [4.78, 5) is 12.3. The zero-order chi connectivity index (χ0) is 14.6. The molecule has 0 aliphatic carbocycles. The Labute approximate surface area is 118 Å². The zero-order valence-corrected chi connectivity index (χ0v) is 12.6. The third-order valence-corrected chi connectivity index (χ3v) is 3.22. The van der Waals surface area contributed by atoms with E-state index < -0.39 is 11.6 Å². The molecule has 1 aromatic carbocycles. The number of methoxy groups -OCH3 is 2. The van der Waals surface area contributed by atoms with Gasteiger partial charge in [0.05, 0.1) is 19.2 Å². The van der Waals surface area contributed by atoms with Crippen molar-refractivity contribution in [3.63, 3.8) is 0 Å². The Morgan fingerprint density at radius 1 is 1.26 bits per heavy atom. The maximum Gasteiger partial charge on any atom is 0.346 e. The van der Waals surface area contributed by atoms with Crippen LogP contribution in [0.2, 0.25) is 5.02 Å². The zero-order valence-electron chi connectivity index (χ0n) is 11.9. The summed E-state index contributed by atoms with van der Waals surface area (Å²) >= 11 is 6.02. The first-order valence-corrected chi connectivity index (χ1v) is 6.38. The Bertz CT molecular complexity index is 469. The van der Waals surface area contributed by atoms with Crippen LogP contribution in [0.1, 0.15) is 37.6 Å². The van der Waals surface area contributed by atoms with Crippen molar-refractivity contribution >= 4 is 17.6 Å². The van der Waals surface area contributed by atoms with Crippen molar-refractivity contribution in [3.05, 3.63) is 22.7 Å². The number of carbonyl (C=O) groups is 1. The Morgan fingerprint density at radius 3 is 2.37 bits per heavy atom. The van der Waals surface area contributed by atoms with Crippen molar-refractivity contribution in [2.24, 2.45) is 0 Å². The van der Waals surface area contributed by atoms with E-state index in [0.717, 1.165) is 0 Å². The second kappa shape index (κ2) is 6.15. The fraction of sp³-hybridized carbons (Fsp3) is 0.500. The molecule has 1 rings (SSSR count). The van der Waals surface area contributed by atoms with E-state index in [1.54, 1.807) is 12.1 Å². The molecule has 4 nitrogen and oxygen atoms in total. The molecule has 0 fully saturated rings. The van der Waals surface area contributed by atoms with Crippen molar-refractivity contribution < 1.29 is 19.0 Å². The molecule has 0 aliphatic rings. The highest BCUT2D eigenvalue weighted by molar-refractivity contribution is 6.32. The molecule has 19 heavy (non-hydrogen) atoms. The number of benzene rings is 1. The van der Waals surface area contributed by atoms with E-state index in [1.807, 2.05) is 20.8 Å².